The van der Waals surface area contributed by atoms with E-state index in [4.69, 9.17) is 9.47 Å². The summed E-state index contributed by atoms with van der Waals surface area (Å²) in [5, 5.41) is 0. The standard InChI is InChI=1S/C15H16O6/c1-3-20-13(18)15(14(19)21-4-2)7-9-10(8-15)12(17)6-5-11(9)16/h5-6H,3-4,7-8H2,1-2H3. The second-order valence-corrected chi connectivity index (χ2v) is 4.90. The zero-order valence-electron chi connectivity index (χ0n) is 11.9. The molecule has 0 aromatic rings. The molecule has 112 valence electrons. The summed E-state index contributed by atoms with van der Waals surface area (Å²) in [4.78, 5) is 48.2. The first kappa shape index (κ1) is 15.2. The number of esters is 2. The van der Waals surface area contributed by atoms with E-state index in [1.807, 2.05) is 0 Å². The van der Waals surface area contributed by atoms with Crippen LogP contribution in [0.5, 0.6) is 0 Å². The molecule has 21 heavy (non-hydrogen) atoms. The zero-order valence-corrected chi connectivity index (χ0v) is 11.9. The van der Waals surface area contributed by atoms with E-state index in [1.165, 1.54) is 0 Å². The number of ketones is 2. The minimum atomic E-state index is -1.62. The van der Waals surface area contributed by atoms with Gasteiger partial charge in [-0.05, 0) is 26.0 Å². The van der Waals surface area contributed by atoms with Gasteiger partial charge >= 0.3 is 11.9 Å². The minimum Gasteiger partial charge on any atom is -0.465 e. The van der Waals surface area contributed by atoms with Gasteiger partial charge in [0.1, 0.15) is 0 Å². The van der Waals surface area contributed by atoms with E-state index in [-0.39, 0.29) is 48.8 Å². The summed E-state index contributed by atoms with van der Waals surface area (Å²) in [6.45, 7) is 3.45. The second-order valence-electron chi connectivity index (χ2n) is 4.90. The van der Waals surface area contributed by atoms with Crippen molar-refractivity contribution in [2.45, 2.75) is 26.7 Å². The highest BCUT2D eigenvalue weighted by molar-refractivity contribution is 6.22. The number of hydrogen-bond donors (Lipinski definition) is 0. The maximum Gasteiger partial charge on any atom is 0.324 e. The van der Waals surface area contributed by atoms with Crippen LogP contribution in [0.15, 0.2) is 23.3 Å². The number of carbonyl (C=O) groups excluding carboxylic acids is 4. The molecule has 2 aliphatic carbocycles. The summed E-state index contributed by atoms with van der Waals surface area (Å²) >= 11 is 0. The highest BCUT2D eigenvalue weighted by Crippen LogP contribution is 2.46. The second kappa shape index (κ2) is 5.63. The Kier molecular flexibility index (Phi) is 4.06. The number of carbonyl (C=O) groups is 4. The average molecular weight is 292 g/mol. The van der Waals surface area contributed by atoms with Crippen molar-refractivity contribution >= 4 is 23.5 Å². The molecule has 0 atom stereocenters. The Morgan fingerprint density at radius 1 is 0.952 bits per heavy atom. The highest BCUT2D eigenvalue weighted by Gasteiger charge is 2.56. The van der Waals surface area contributed by atoms with Crippen LogP contribution in [0, 0.1) is 5.41 Å². The molecule has 0 saturated carbocycles. The summed E-state index contributed by atoms with van der Waals surface area (Å²) in [6, 6.07) is 0. The molecule has 6 heteroatoms. The van der Waals surface area contributed by atoms with Crippen molar-refractivity contribution in [1.29, 1.82) is 0 Å². The van der Waals surface area contributed by atoms with Gasteiger partial charge in [-0.3, -0.25) is 19.2 Å². The molecule has 6 nitrogen and oxygen atoms in total. The lowest BCUT2D eigenvalue weighted by atomic mass is 9.83. The Morgan fingerprint density at radius 3 is 1.67 bits per heavy atom. The average Bonchev–Trinajstić information content (AvgIpc) is 2.87. The Morgan fingerprint density at radius 2 is 1.33 bits per heavy atom. The molecule has 0 saturated heterocycles. The smallest absolute Gasteiger partial charge is 0.324 e. The van der Waals surface area contributed by atoms with Crippen molar-refractivity contribution in [2.24, 2.45) is 5.41 Å². The molecule has 0 fully saturated rings. The lowest BCUT2D eigenvalue weighted by Gasteiger charge is -2.24. The third-order valence-corrected chi connectivity index (χ3v) is 3.63. The molecule has 0 aromatic carbocycles. The summed E-state index contributed by atoms with van der Waals surface area (Å²) in [7, 11) is 0. The Labute approximate surface area is 121 Å². The molecular weight excluding hydrogens is 276 g/mol. The summed E-state index contributed by atoms with van der Waals surface area (Å²) in [5.41, 5.74) is -1.19. The van der Waals surface area contributed by atoms with E-state index >= 15 is 0 Å². The van der Waals surface area contributed by atoms with Gasteiger partial charge in [-0.1, -0.05) is 0 Å². The van der Waals surface area contributed by atoms with Gasteiger partial charge < -0.3 is 9.47 Å². The first-order chi connectivity index (χ1) is 9.96. The van der Waals surface area contributed by atoms with E-state index in [0.29, 0.717) is 0 Å². The van der Waals surface area contributed by atoms with Gasteiger partial charge in [-0.25, -0.2) is 0 Å². The van der Waals surface area contributed by atoms with Gasteiger partial charge in [0, 0.05) is 24.0 Å². The van der Waals surface area contributed by atoms with Crippen LogP contribution in [0.25, 0.3) is 0 Å². The molecule has 0 amide bonds. The van der Waals surface area contributed by atoms with Gasteiger partial charge in [0.05, 0.1) is 13.2 Å². The van der Waals surface area contributed by atoms with Gasteiger partial charge in [-0.2, -0.15) is 0 Å². The third-order valence-electron chi connectivity index (χ3n) is 3.63. The van der Waals surface area contributed by atoms with Crippen LogP contribution in [0.3, 0.4) is 0 Å². The summed E-state index contributed by atoms with van der Waals surface area (Å²) in [6.07, 6.45) is 2.03. The molecule has 0 unspecified atom stereocenters. The molecule has 0 aromatic heterocycles. The number of ether oxygens (including phenoxy) is 2. The first-order valence-corrected chi connectivity index (χ1v) is 6.79. The summed E-state index contributed by atoms with van der Waals surface area (Å²) < 4.78 is 9.93. The molecule has 0 bridgehead atoms. The molecule has 0 aliphatic heterocycles. The van der Waals surface area contributed by atoms with Crippen molar-refractivity contribution in [3.8, 4) is 0 Å². The van der Waals surface area contributed by atoms with Gasteiger partial charge in [-0.15, -0.1) is 0 Å². The lowest BCUT2D eigenvalue weighted by molar-refractivity contribution is -0.171. The minimum absolute atomic E-state index is 0.102. The van der Waals surface area contributed by atoms with Crippen molar-refractivity contribution in [3.05, 3.63) is 23.3 Å². The van der Waals surface area contributed by atoms with Gasteiger partial charge in [0.25, 0.3) is 0 Å². The van der Waals surface area contributed by atoms with E-state index in [0.717, 1.165) is 12.2 Å². The monoisotopic (exact) mass is 292 g/mol. The Balaban J connectivity index is 2.38. The molecule has 2 aliphatic rings. The van der Waals surface area contributed by atoms with Crippen LogP contribution < -0.4 is 0 Å². The SMILES string of the molecule is CCOC(=O)C1(C(=O)OCC)CC2=C(C1)C(=O)C=CC2=O. The van der Waals surface area contributed by atoms with E-state index < -0.39 is 17.4 Å². The number of rotatable bonds is 4. The zero-order chi connectivity index (χ0) is 15.6. The first-order valence-electron chi connectivity index (χ1n) is 6.79. The fourth-order valence-electron chi connectivity index (χ4n) is 2.61. The van der Waals surface area contributed by atoms with Crippen molar-refractivity contribution in [3.63, 3.8) is 0 Å². The molecule has 2 rings (SSSR count). The van der Waals surface area contributed by atoms with Crippen molar-refractivity contribution in [1.82, 2.24) is 0 Å². The van der Waals surface area contributed by atoms with Crippen molar-refractivity contribution in [2.75, 3.05) is 13.2 Å². The van der Waals surface area contributed by atoms with Gasteiger partial charge in [0.2, 0.25) is 0 Å². The van der Waals surface area contributed by atoms with Crippen LogP contribution >= 0.6 is 0 Å². The van der Waals surface area contributed by atoms with E-state index in [2.05, 4.69) is 0 Å². The van der Waals surface area contributed by atoms with E-state index in [9.17, 15) is 19.2 Å². The normalized spacial score (nSPS) is 19.5. The van der Waals surface area contributed by atoms with Gasteiger partial charge in [0.15, 0.2) is 17.0 Å². The molecular formula is C15H16O6. The molecule has 0 spiro atoms. The van der Waals surface area contributed by atoms with Crippen LogP contribution in [0.1, 0.15) is 26.7 Å². The predicted molar refractivity (Wildman–Crippen MR) is 71.1 cm³/mol. The van der Waals surface area contributed by atoms with Crippen LogP contribution in [0.2, 0.25) is 0 Å². The predicted octanol–water partition coefficient (Wildman–Crippen LogP) is 0.897. The lowest BCUT2D eigenvalue weighted by Crippen LogP contribution is -2.40. The molecule has 0 radical (unpaired) electrons. The highest BCUT2D eigenvalue weighted by atomic mass is 16.6. The largest absolute Gasteiger partial charge is 0.465 e. The fraction of sp³-hybridized carbons (Fsp3) is 0.467. The summed E-state index contributed by atoms with van der Waals surface area (Å²) in [5.74, 6) is -2.20. The maximum atomic E-state index is 12.2. The van der Waals surface area contributed by atoms with E-state index in [1.54, 1.807) is 13.8 Å². The Bertz CT molecular complexity index is 531. The number of hydrogen-bond acceptors (Lipinski definition) is 6. The maximum absolute atomic E-state index is 12.2. The van der Waals surface area contributed by atoms with Crippen molar-refractivity contribution < 1.29 is 28.7 Å². The molecule has 0 N–H and O–H groups in total. The number of allylic oxidation sites excluding steroid dienone is 4. The quantitative estimate of drug-likeness (QED) is 0.434. The van der Waals surface area contributed by atoms with Crippen LogP contribution in [-0.4, -0.2) is 36.7 Å². The van der Waals surface area contributed by atoms with Crippen LogP contribution in [-0.2, 0) is 28.7 Å². The van der Waals surface area contributed by atoms with Crippen LogP contribution in [0.4, 0.5) is 0 Å². The topological polar surface area (TPSA) is 86.7 Å². The fourth-order valence-corrected chi connectivity index (χ4v) is 2.61. The Hall–Kier alpha value is -2.24. The third kappa shape index (κ3) is 2.41. The molecule has 0 heterocycles.